The van der Waals surface area contributed by atoms with Crippen LogP contribution in [0.15, 0.2) is 47.4 Å². The van der Waals surface area contributed by atoms with Crippen molar-refractivity contribution >= 4 is 27.3 Å². The third kappa shape index (κ3) is 3.02. The molecule has 1 N–H and O–H groups in total. The first kappa shape index (κ1) is 14.6. The number of anilines is 1. The van der Waals surface area contributed by atoms with E-state index < -0.39 is 15.8 Å². The minimum absolute atomic E-state index is 0.130. The number of nitrogens with one attached hydrogen (secondary N) is 1. The number of para-hydroxylation sites is 2. The molecular formula is C13H11ClFNO3S. The summed E-state index contributed by atoms with van der Waals surface area (Å²) < 4.78 is 44.9. The molecule has 0 spiro atoms. The number of ether oxygens (including phenoxy) is 1. The van der Waals surface area contributed by atoms with Gasteiger partial charge in [0.05, 0.1) is 22.7 Å². The largest absolute Gasteiger partial charge is 0.495 e. The third-order valence-corrected chi connectivity index (χ3v) is 4.21. The molecular weight excluding hydrogens is 305 g/mol. The Hall–Kier alpha value is -1.79. The summed E-state index contributed by atoms with van der Waals surface area (Å²) in [6, 6.07) is 9.74. The molecule has 2 aromatic rings. The number of sulfonamides is 1. The Morgan fingerprint density at radius 3 is 2.55 bits per heavy atom. The van der Waals surface area contributed by atoms with Gasteiger partial charge in [0.1, 0.15) is 11.6 Å². The Balaban J connectivity index is 2.38. The molecule has 20 heavy (non-hydrogen) atoms. The molecule has 0 amide bonds. The summed E-state index contributed by atoms with van der Waals surface area (Å²) in [6.07, 6.45) is 0. The molecule has 2 aromatic carbocycles. The summed E-state index contributed by atoms with van der Waals surface area (Å²) in [4.78, 5) is -0.130. The number of rotatable bonds is 4. The van der Waals surface area contributed by atoms with E-state index >= 15 is 0 Å². The van der Waals surface area contributed by atoms with Crippen LogP contribution >= 0.6 is 11.6 Å². The minimum atomic E-state index is -3.87. The number of halogens is 2. The highest BCUT2D eigenvalue weighted by Gasteiger charge is 2.17. The maximum atomic E-state index is 13.1. The van der Waals surface area contributed by atoms with E-state index in [0.29, 0.717) is 5.75 Å². The smallest absolute Gasteiger partial charge is 0.262 e. The second-order valence-electron chi connectivity index (χ2n) is 3.88. The molecule has 0 aromatic heterocycles. The van der Waals surface area contributed by atoms with Crippen molar-refractivity contribution in [2.24, 2.45) is 0 Å². The van der Waals surface area contributed by atoms with E-state index in [1.165, 1.54) is 7.11 Å². The van der Waals surface area contributed by atoms with E-state index in [0.717, 1.165) is 18.2 Å². The molecule has 7 heteroatoms. The van der Waals surface area contributed by atoms with Crippen LogP contribution < -0.4 is 9.46 Å². The van der Waals surface area contributed by atoms with E-state index in [1.807, 2.05) is 0 Å². The second kappa shape index (κ2) is 5.68. The number of methoxy groups -OCH3 is 1. The van der Waals surface area contributed by atoms with Gasteiger partial charge in [-0.3, -0.25) is 4.72 Å². The van der Waals surface area contributed by atoms with Gasteiger partial charge in [-0.25, -0.2) is 12.8 Å². The predicted octanol–water partition coefficient (Wildman–Crippen LogP) is 3.29. The molecule has 0 saturated carbocycles. The number of hydrogen-bond donors (Lipinski definition) is 1. The van der Waals surface area contributed by atoms with Crippen LogP contribution in [0.1, 0.15) is 0 Å². The Kier molecular flexibility index (Phi) is 4.15. The molecule has 0 unspecified atom stereocenters. The van der Waals surface area contributed by atoms with Gasteiger partial charge in [0.15, 0.2) is 0 Å². The van der Waals surface area contributed by atoms with Gasteiger partial charge in [0, 0.05) is 0 Å². The van der Waals surface area contributed by atoms with Gasteiger partial charge in [0.25, 0.3) is 10.0 Å². The molecule has 0 saturated heterocycles. The fraction of sp³-hybridized carbons (Fsp3) is 0.0769. The molecule has 0 aliphatic carbocycles. The van der Waals surface area contributed by atoms with Crippen molar-refractivity contribution in [2.45, 2.75) is 4.90 Å². The summed E-state index contributed by atoms with van der Waals surface area (Å²) in [5.74, 6) is -0.299. The molecule has 0 heterocycles. The Morgan fingerprint density at radius 1 is 1.20 bits per heavy atom. The second-order valence-corrected chi connectivity index (χ2v) is 5.97. The van der Waals surface area contributed by atoms with Crippen LogP contribution in [0.3, 0.4) is 0 Å². The van der Waals surface area contributed by atoms with Crippen molar-refractivity contribution in [1.82, 2.24) is 0 Å². The minimum Gasteiger partial charge on any atom is -0.495 e. The molecule has 0 atom stereocenters. The van der Waals surface area contributed by atoms with E-state index in [4.69, 9.17) is 16.3 Å². The van der Waals surface area contributed by atoms with Crippen molar-refractivity contribution in [1.29, 1.82) is 0 Å². The lowest BCUT2D eigenvalue weighted by Crippen LogP contribution is -2.13. The lowest BCUT2D eigenvalue weighted by Gasteiger charge is -2.11. The molecule has 0 aliphatic rings. The van der Waals surface area contributed by atoms with Crippen LogP contribution in [0.2, 0.25) is 5.02 Å². The quantitative estimate of drug-likeness (QED) is 0.942. The number of hydrogen-bond acceptors (Lipinski definition) is 3. The van der Waals surface area contributed by atoms with E-state index in [2.05, 4.69) is 4.72 Å². The highest BCUT2D eigenvalue weighted by molar-refractivity contribution is 7.92. The summed E-state index contributed by atoms with van der Waals surface area (Å²) in [7, 11) is -2.43. The van der Waals surface area contributed by atoms with Crippen LogP contribution in [-0.4, -0.2) is 15.5 Å². The first-order valence-corrected chi connectivity index (χ1v) is 7.41. The predicted molar refractivity (Wildman–Crippen MR) is 75.2 cm³/mol. The van der Waals surface area contributed by atoms with E-state index in [9.17, 15) is 12.8 Å². The zero-order chi connectivity index (χ0) is 14.8. The molecule has 4 nitrogen and oxygen atoms in total. The molecule has 0 aliphatic heterocycles. The lowest BCUT2D eigenvalue weighted by molar-refractivity contribution is 0.417. The summed E-state index contributed by atoms with van der Waals surface area (Å²) in [6.45, 7) is 0. The molecule has 0 radical (unpaired) electrons. The van der Waals surface area contributed by atoms with Crippen LogP contribution in [0.5, 0.6) is 5.75 Å². The molecule has 0 fully saturated rings. The van der Waals surface area contributed by atoms with Crippen molar-refractivity contribution in [3.8, 4) is 5.75 Å². The van der Waals surface area contributed by atoms with Gasteiger partial charge >= 0.3 is 0 Å². The van der Waals surface area contributed by atoms with Crippen LogP contribution in [0, 0.1) is 5.82 Å². The first-order chi connectivity index (χ1) is 9.44. The van der Waals surface area contributed by atoms with Crippen LogP contribution in [0.4, 0.5) is 10.1 Å². The van der Waals surface area contributed by atoms with Crippen molar-refractivity contribution < 1.29 is 17.5 Å². The van der Waals surface area contributed by atoms with Gasteiger partial charge in [-0.15, -0.1) is 0 Å². The van der Waals surface area contributed by atoms with Gasteiger partial charge in [-0.05, 0) is 30.3 Å². The summed E-state index contributed by atoms with van der Waals surface area (Å²) in [5.41, 5.74) is 0.287. The molecule has 106 valence electrons. The monoisotopic (exact) mass is 315 g/mol. The van der Waals surface area contributed by atoms with Crippen molar-refractivity contribution in [2.75, 3.05) is 11.8 Å². The van der Waals surface area contributed by atoms with Crippen LogP contribution in [0.25, 0.3) is 0 Å². The van der Waals surface area contributed by atoms with Crippen LogP contribution in [-0.2, 0) is 10.0 Å². The van der Waals surface area contributed by atoms with E-state index in [1.54, 1.807) is 24.3 Å². The highest BCUT2D eigenvalue weighted by Crippen LogP contribution is 2.27. The summed E-state index contributed by atoms with van der Waals surface area (Å²) >= 11 is 5.59. The van der Waals surface area contributed by atoms with Gasteiger partial charge < -0.3 is 4.74 Å². The zero-order valence-electron chi connectivity index (χ0n) is 10.4. The standard InChI is InChI=1S/C13H11ClFNO3S/c1-19-13-5-3-2-4-12(13)16-20(17,18)9-6-7-11(15)10(14)8-9/h2-8,16H,1H3. The maximum absolute atomic E-state index is 13.1. The van der Waals surface area contributed by atoms with Crippen molar-refractivity contribution in [3.63, 3.8) is 0 Å². The molecule has 2 rings (SSSR count). The van der Waals surface area contributed by atoms with E-state index in [-0.39, 0.29) is 15.6 Å². The normalized spacial score (nSPS) is 11.2. The zero-order valence-corrected chi connectivity index (χ0v) is 12.0. The Morgan fingerprint density at radius 2 is 1.90 bits per heavy atom. The molecule has 0 bridgehead atoms. The average molecular weight is 316 g/mol. The fourth-order valence-corrected chi connectivity index (χ4v) is 2.92. The van der Waals surface area contributed by atoms with Crippen molar-refractivity contribution in [3.05, 3.63) is 53.3 Å². The van der Waals surface area contributed by atoms with Gasteiger partial charge in [0.2, 0.25) is 0 Å². The summed E-state index contributed by atoms with van der Waals surface area (Å²) in [5, 5.41) is -0.257. The Labute approximate surface area is 121 Å². The van der Waals surface area contributed by atoms with Gasteiger partial charge in [-0.1, -0.05) is 23.7 Å². The lowest BCUT2D eigenvalue weighted by atomic mass is 10.3. The first-order valence-electron chi connectivity index (χ1n) is 5.55. The average Bonchev–Trinajstić information content (AvgIpc) is 2.42. The van der Waals surface area contributed by atoms with Gasteiger partial charge in [-0.2, -0.15) is 0 Å². The maximum Gasteiger partial charge on any atom is 0.262 e. The fourth-order valence-electron chi connectivity index (χ4n) is 1.58. The SMILES string of the molecule is COc1ccccc1NS(=O)(=O)c1ccc(F)c(Cl)c1. The third-order valence-electron chi connectivity index (χ3n) is 2.55. The Bertz CT molecular complexity index is 734. The highest BCUT2D eigenvalue weighted by atomic mass is 35.5. The number of benzene rings is 2. The topological polar surface area (TPSA) is 55.4 Å².